The Morgan fingerprint density at radius 3 is 2.65 bits per heavy atom. The number of Topliss-reactive ketones (excluding diaryl/α,β-unsaturated/α-hetero) is 1. The summed E-state index contributed by atoms with van der Waals surface area (Å²) in [5, 5.41) is 0. The van der Waals surface area contributed by atoms with Gasteiger partial charge in [-0.25, -0.2) is 0 Å². The van der Waals surface area contributed by atoms with Gasteiger partial charge in [-0.15, -0.1) is 11.6 Å². The van der Waals surface area contributed by atoms with Crippen molar-refractivity contribution in [2.24, 2.45) is 0 Å². The molecule has 0 amide bonds. The number of aromatic nitrogens is 1. The molecule has 0 saturated heterocycles. The van der Waals surface area contributed by atoms with Gasteiger partial charge in [-0.1, -0.05) is 12.1 Å². The number of ether oxygens (including phenoxy) is 1. The fourth-order valence-corrected chi connectivity index (χ4v) is 2.55. The molecule has 1 heterocycles. The summed E-state index contributed by atoms with van der Waals surface area (Å²) in [6.07, 6.45) is 0. The van der Waals surface area contributed by atoms with Crippen LogP contribution in [0, 0.1) is 13.8 Å². The van der Waals surface area contributed by atoms with E-state index in [-0.39, 0.29) is 11.7 Å². The third-order valence-corrected chi connectivity index (χ3v) is 3.50. The van der Waals surface area contributed by atoms with E-state index in [4.69, 9.17) is 16.3 Å². The van der Waals surface area contributed by atoms with Crippen LogP contribution >= 0.6 is 11.6 Å². The van der Waals surface area contributed by atoms with Gasteiger partial charge in [0.15, 0.2) is 5.78 Å². The number of carbonyl (C=O) groups excluding carboxylic acids is 1. The average molecular weight is 292 g/mol. The number of carbonyl (C=O) groups is 1. The maximum absolute atomic E-state index is 11.9. The SMILES string of the molecule is CCOc1ccccc1-n1c(C)cc(C(=O)CCl)c1C. The number of aryl methyl sites for hydroxylation is 1. The number of rotatable bonds is 5. The van der Waals surface area contributed by atoms with Crippen LogP contribution in [-0.4, -0.2) is 22.8 Å². The van der Waals surface area contributed by atoms with Gasteiger partial charge in [0.05, 0.1) is 18.2 Å². The Labute approximate surface area is 124 Å². The highest BCUT2D eigenvalue weighted by Gasteiger charge is 2.17. The van der Waals surface area contributed by atoms with E-state index in [9.17, 15) is 4.79 Å². The zero-order valence-corrected chi connectivity index (χ0v) is 12.7. The number of halogens is 1. The summed E-state index contributed by atoms with van der Waals surface area (Å²) in [6, 6.07) is 9.69. The van der Waals surface area contributed by atoms with Crippen LogP contribution in [0.1, 0.15) is 28.7 Å². The summed E-state index contributed by atoms with van der Waals surface area (Å²) in [4.78, 5) is 11.9. The molecule has 2 rings (SSSR count). The van der Waals surface area contributed by atoms with E-state index in [2.05, 4.69) is 0 Å². The number of hydrogen-bond acceptors (Lipinski definition) is 2. The van der Waals surface area contributed by atoms with Crippen molar-refractivity contribution < 1.29 is 9.53 Å². The number of alkyl halides is 1. The molecule has 1 aromatic heterocycles. The van der Waals surface area contributed by atoms with Crippen LogP contribution in [0.4, 0.5) is 0 Å². The minimum atomic E-state index is -0.0556. The van der Waals surface area contributed by atoms with E-state index in [1.807, 2.05) is 55.7 Å². The fourth-order valence-electron chi connectivity index (χ4n) is 2.41. The van der Waals surface area contributed by atoms with Gasteiger partial charge >= 0.3 is 0 Å². The van der Waals surface area contributed by atoms with E-state index in [0.29, 0.717) is 12.2 Å². The Kier molecular flexibility index (Phi) is 4.50. The molecule has 0 aliphatic heterocycles. The summed E-state index contributed by atoms with van der Waals surface area (Å²) < 4.78 is 7.70. The number of benzene rings is 1. The molecule has 106 valence electrons. The van der Waals surface area contributed by atoms with Crippen molar-refractivity contribution in [2.45, 2.75) is 20.8 Å². The van der Waals surface area contributed by atoms with Gasteiger partial charge in [-0.3, -0.25) is 4.79 Å². The summed E-state index contributed by atoms with van der Waals surface area (Å²) in [6.45, 7) is 6.45. The largest absolute Gasteiger partial charge is 0.492 e. The first-order valence-corrected chi connectivity index (χ1v) is 7.13. The van der Waals surface area contributed by atoms with Gasteiger partial charge in [0.2, 0.25) is 0 Å². The van der Waals surface area contributed by atoms with Crippen molar-refractivity contribution in [3.8, 4) is 11.4 Å². The second-order valence-corrected chi connectivity index (χ2v) is 4.85. The molecular weight excluding hydrogens is 274 g/mol. The molecule has 0 N–H and O–H groups in total. The molecule has 20 heavy (non-hydrogen) atoms. The Hall–Kier alpha value is -1.74. The van der Waals surface area contributed by atoms with Crippen molar-refractivity contribution in [3.63, 3.8) is 0 Å². The molecule has 0 radical (unpaired) electrons. The lowest BCUT2D eigenvalue weighted by molar-refractivity contribution is 0.102. The Morgan fingerprint density at radius 2 is 2.00 bits per heavy atom. The minimum absolute atomic E-state index is 0.00258. The zero-order chi connectivity index (χ0) is 14.7. The number of hydrogen-bond donors (Lipinski definition) is 0. The first-order valence-electron chi connectivity index (χ1n) is 6.60. The third kappa shape index (κ3) is 2.59. The Morgan fingerprint density at radius 1 is 1.30 bits per heavy atom. The summed E-state index contributed by atoms with van der Waals surface area (Å²) in [5.74, 6) is 0.749. The van der Waals surface area contributed by atoms with Crippen molar-refractivity contribution >= 4 is 17.4 Å². The minimum Gasteiger partial charge on any atom is -0.492 e. The quantitative estimate of drug-likeness (QED) is 0.618. The summed E-state index contributed by atoms with van der Waals surface area (Å²) in [5.41, 5.74) is 3.49. The van der Waals surface area contributed by atoms with Gasteiger partial charge in [0, 0.05) is 17.0 Å². The van der Waals surface area contributed by atoms with Gasteiger partial charge in [-0.2, -0.15) is 0 Å². The molecule has 0 spiro atoms. The molecule has 0 fully saturated rings. The first kappa shape index (κ1) is 14.7. The van der Waals surface area contributed by atoms with Gasteiger partial charge in [-0.05, 0) is 39.0 Å². The molecule has 1 aromatic carbocycles. The number of para-hydroxylation sites is 2. The maximum Gasteiger partial charge on any atom is 0.179 e. The number of ketones is 1. The van der Waals surface area contributed by atoms with Gasteiger partial charge in [0.1, 0.15) is 5.75 Å². The topological polar surface area (TPSA) is 31.2 Å². The fraction of sp³-hybridized carbons (Fsp3) is 0.312. The predicted octanol–water partition coefficient (Wildman–Crippen LogP) is 3.91. The molecule has 3 nitrogen and oxygen atoms in total. The maximum atomic E-state index is 11.9. The van der Waals surface area contributed by atoms with E-state index in [1.54, 1.807) is 0 Å². The van der Waals surface area contributed by atoms with E-state index in [1.165, 1.54) is 0 Å². The van der Waals surface area contributed by atoms with Crippen LogP contribution in [0.15, 0.2) is 30.3 Å². The lowest BCUT2D eigenvalue weighted by Gasteiger charge is -2.14. The van der Waals surface area contributed by atoms with Gasteiger partial charge < -0.3 is 9.30 Å². The number of nitrogens with zero attached hydrogens (tertiary/aromatic N) is 1. The highest BCUT2D eigenvalue weighted by Crippen LogP contribution is 2.28. The van der Waals surface area contributed by atoms with E-state index < -0.39 is 0 Å². The lowest BCUT2D eigenvalue weighted by atomic mass is 10.2. The second kappa shape index (κ2) is 6.14. The highest BCUT2D eigenvalue weighted by molar-refractivity contribution is 6.30. The van der Waals surface area contributed by atoms with E-state index in [0.717, 1.165) is 22.8 Å². The van der Waals surface area contributed by atoms with Crippen molar-refractivity contribution in [1.29, 1.82) is 0 Å². The van der Waals surface area contributed by atoms with Crippen molar-refractivity contribution in [1.82, 2.24) is 4.57 Å². The Balaban J connectivity index is 2.59. The predicted molar refractivity (Wildman–Crippen MR) is 81.5 cm³/mol. The summed E-state index contributed by atoms with van der Waals surface area (Å²) in [7, 11) is 0. The standard InChI is InChI=1S/C16H18ClNO2/c1-4-20-16-8-6-5-7-14(16)18-11(2)9-13(12(18)3)15(19)10-17/h5-9H,4,10H2,1-3H3. The molecule has 0 aliphatic carbocycles. The van der Waals surface area contributed by atoms with Crippen LogP contribution in [-0.2, 0) is 0 Å². The molecule has 0 unspecified atom stereocenters. The van der Waals surface area contributed by atoms with Crippen LogP contribution in [0.25, 0.3) is 5.69 Å². The van der Waals surface area contributed by atoms with Crippen LogP contribution < -0.4 is 4.74 Å². The van der Waals surface area contributed by atoms with Gasteiger partial charge in [0.25, 0.3) is 0 Å². The molecule has 0 bridgehead atoms. The molecular formula is C16H18ClNO2. The van der Waals surface area contributed by atoms with Crippen molar-refractivity contribution in [3.05, 3.63) is 47.3 Å². The van der Waals surface area contributed by atoms with Crippen LogP contribution in [0.5, 0.6) is 5.75 Å². The Bertz CT molecular complexity index is 631. The monoisotopic (exact) mass is 291 g/mol. The van der Waals surface area contributed by atoms with Crippen LogP contribution in [0.2, 0.25) is 0 Å². The summed E-state index contributed by atoms with van der Waals surface area (Å²) >= 11 is 5.66. The molecule has 0 atom stereocenters. The zero-order valence-electron chi connectivity index (χ0n) is 11.9. The van der Waals surface area contributed by atoms with E-state index >= 15 is 0 Å². The smallest absolute Gasteiger partial charge is 0.179 e. The van der Waals surface area contributed by atoms with Crippen molar-refractivity contribution in [2.75, 3.05) is 12.5 Å². The first-order chi connectivity index (χ1) is 9.60. The highest BCUT2D eigenvalue weighted by atomic mass is 35.5. The normalized spacial score (nSPS) is 10.6. The molecule has 0 aliphatic rings. The third-order valence-electron chi connectivity index (χ3n) is 3.26. The lowest BCUT2D eigenvalue weighted by Crippen LogP contribution is -2.06. The molecule has 4 heteroatoms. The molecule has 2 aromatic rings. The molecule has 0 saturated carbocycles. The second-order valence-electron chi connectivity index (χ2n) is 4.58. The average Bonchev–Trinajstić information content (AvgIpc) is 2.74. The van der Waals surface area contributed by atoms with Crippen LogP contribution in [0.3, 0.4) is 0 Å².